The first-order valence-corrected chi connectivity index (χ1v) is 7.37. The molecule has 2 nitrogen and oxygen atoms in total. The van der Waals surface area contributed by atoms with Crippen LogP contribution in [0.4, 0.5) is 0 Å². The van der Waals surface area contributed by atoms with Crippen molar-refractivity contribution in [1.29, 1.82) is 0 Å². The smallest absolute Gasteiger partial charge is 0.156 e. The fraction of sp³-hybridized carbons (Fsp3) is 0.294. The van der Waals surface area contributed by atoms with Crippen molar-refractivity contribution in [2.75, 3.05) is 20.1 Å². The van der Waals surface area contributed by atoms with Crippen LogP contribution in [0.1, 0.15) is 17.2 Å². The molecule has 0 radical (unpaired) electrons. The minimum atomic E-state index is -0.0343. The molecule has 1 atom stereocenters. The van der Waals surface area contributed by atoms with E-state index in [0.717, 1.165) is 23.7 Å². The Morgan fingerprint density at radius 1 is 1.05 bits per heavy atom. The highest BCUT2D eigenvalue weighted by Crippen LogP contribution is 2.29. The number of likely N-dealkylation sites (tertiary alicyclic amines) is 1. The Morgan fingerprint density at radius 2 is 1.71 bits per heavy atom. The first-order valence-electron chi connectivity index (χ1n) is 6.99. The summed E-state index contributed by atoms with van der Waals surface area (Å²) in [4.78, 5) is 1.52. The Bertz CT molecular complexity index is 570. The highest BCUT2D eigenvalue weighted by atomic mass is 35.5. The molecule has 1 heterocycles. The van der Waals surface area contributed by atoms with E-state index in [1.807, 2.05) is 36.4 Å². The van der Waals surface area contributed by atoms with Crippen molar-refractivity contribution >= 4 is 11.6 Å². The molecule has 1 aliphatic rings. The maximum atomic E-state index is 6.30. The Hall–Kier alpha value is -1.06. The number of benzene rings is 2. The van der Waals surface area contributed by atoms with E-state index in [2.05, 4.69) is 25.2 Å². The van der Waals surface area contributed by atoms with E-state index in [1.54, 1.807) is 0 Å². The number of rotatable bonds is 4. The molecule has 2 aromatic rings. The normalized spacial score (nSPS) is 22.0. The lowest BCUT2D eigenvalue weighted by molar-refractivity contribution is -0.930. The third-order valence-electron chi connectivity index (χ3n) is 3.73. The second kappa shape index (κ2) is 7.28. The quantitative estimate of drug-likeness (QED) is 0.789. The summed E-state index contributed by atoms with van der Waals surface area (Å²) in [5, 5.41) is 0.753. The number of ether oxygens (including phenoxy) is 1. The van der Waals surface area contributed by atoms with E-state index in [9.17, 15) is 0 Å². The summed E-state index contributed by atoms with van der Waals surface area (Å²) in [6.45, 7) is 2.15. The number of quaternary nitrogens is 1. The molecule has 1 saturated heterocycles. The van der Waals surface area contributed by atoms with Crippen LogP contribution in [-0.2, 0) is 4.74 Å². The van der Waals surface area contributed by atoms with Gasteiger partial charge in [0.1, 0.15) is 19.2 Å². The minimum Gasteiger partial charge on any atom is -1.00 e. The van der Waals surface area contributed by atoms with Crippen molar-refractivity contribution in [2.45, 2.75) is 12.2 Å². The van der Waals surface area contributed by atoms with Gasteiger partial charge in [-0.05, 0) is 23.3 Å². The van der Waals surface area contributed by atoms with Gasteiger partial charge in [-0.15, -0.1) is 0 Å². The predicted molar refractivity (Wildman–Crippen MR) is 81.2 cm³/mol. The zero-order valence-corrected chi connectivity index (χ0v) is 13.4. The van der Waals surface area contributed by atoms with Crippen LogP contribution >= 0.6 is 11.6 Å². The van der Waals surface area contributed by atoms with Gasteiger partial charge in [-0.3, -0.25) is 0 Å². The average molecular weight is 324 g/mol. The Kier molecular flexibility index (Phi) is 5.65. The molecule has 21 heavy (non-hydrogen) atoms. The van der Waals surface area contributed by atoms with Crippen LogP contribution in [0.3, 0.4) is 0 Å². The number of halogens is 2. The lowest BCUT2D eigenvalue weighted by Crippen LogP contribution is -3.19. The topological polar surface area (TPSA) is 13.7 Å². The molecule has 1 unspecified atom stereocenters. The highest BCUT2D eigenvalue weighted by molar-refractivity contribution is 6.30. The van der Waals surface area contributed by atoms with Crippen LogP contribution in [0, 0.1) is 0 Å². The molecule has 3 rings (SSSR count). The van der Waals surface area contributed by atoms with Gasteiger partial charge in [0, 0.05) is 5.02 Å². The van der Waals surface area contributed by atoms with E-state index in [1.165, 1.54) is 10.5 Å². The van der Waals surface area contributed by atoms with E-state index in [-0.39, 0.29) is 18.5 Å². The highest BCUT2D eigenvalue weighted by Gasteiger charge is 2.32. The largest absolute Gasteiger partial charge is 1.00 e. The van der Waals surface area contributed by atoms with E-state index < -0.39 is 0 Å². The SMILES string of the molecule is C[NH+]1CC(OC(c2ccccc2)c2cccc(Cl)c2)C1.[Cl-]. The van der Waals surface area contributed by atoms with Crippen LogP contribution in [-0.4, -0.2) is 26.2 Å². The maximum Gasteiger partial charge on any atom is 0.156 e. The molecule has 2 aromatic carbocycles. The summed E-state index contributed by atoms with van der Waals surface area (Å²) >= 11 is 6.12. The Balaban J connectivity index is 0.00000161. The molecule has 4 heteroatoms. The van der Waals surface area contributed by atoms with Crippen LogP contribution in [0.25, 0.3) is 0 Å². The first kappa shape index (κ1) is 16.3. The molecule has 1 aliphatic heterocycles. The van der Waals surface area contributed by atoms with Gasteiger partial charge in [0.25, 0.3) is 0 Å². The fourth-order valence-electron chi connectivity index (χ4n) is 2.65. The molecule has 112 valence electrons. The van der Waals surface area contributed by atoms with Gasteiger partial charge in [0.15, 0.2) is 6.10 Å². The molecule has 0 aliphatic carbocycles. The average Bonchev–Trinajstić information content (AvgIpc) is 2.43. The molecule has 0 saturated carbocycles. The van der Waals surface area contributed by atoms with Gasteiger partial charge in [-0.1, -0.05) is 54.1 Å². The summed E-state index contributed by atoms with van der Waals surface area (Å²) in [7, 11) is 2.19. The Labute approximate surface area is 137 Å². The van der Waals surface area contributed by atoms with Crippen molar-refractivity contribution in [3.05, 3.63) is 70.7 Å². The van der Waals surface area contributed by atoms with E-state index in [0.29, 0.717) is 6.10 Å². The van der Waals surface area contributed by atoms with Crippen molar-refractivity contribution in [1.82, 2.24) is 0 Å². The van der Waals surface area contributed by atoms with Crippen LogP contribution < -0.4 is 17.3 Å². The Morgan fingerprint density at radius 3 is 2.33 bits per heavy atom. The molecule has 1 N–H and O–H groups in total. The monoisotopic (exact) mass is 323 g/mol. The van der Waals surface area contributed by atoms with Crippen molar-refractivity contribution < 1.29 is 22.0 Å². The zero-order chi connectivity index (χ0) is 13.9. The molecule has 0 bridgehead atoms. The number of nitrogens with one attached hydrogen (secondary N) is 1. The fourth-order valence-corrected chi connectivity index (χ4v) is 2.85. The third kappa shape index (κ3) is 3.98. The van der Waals surface area contributed by atoms with E-state index >= 15 is 0 Å². The van der Waals surface area contributed by atoms with Gasteiger partial charge < -0.3 is 22.0 Å². The van der Waals surface area contributed by atoms with Gasteiger partial charge in [-0.25, -0.2) is 0 Å². The lowest BCUT2D eigenvalue weighted by Gasteiger charge is -2.35. The predicted octanol–water partition coefficient (Wildman–Crippen LogP) is -0.653. The molecule has 0 amide bonds. The lowest BCUT2D eigenvalue weighted by atomic mass is 10.0. The van der Waals surface area contributed by atoms with Gasteiger partial charge in [-0.2, -0.15) is 0 Å². The zero-order valence-electron chi connectivity index (χ0n) is 11.9. The first-order chi connectivity index (χ1) is 9.72. The van der Waals surface area contributed by atoms with Crippen molar-refractivity contribution in [3.8, 4) is 0 Å². The number of likely N-dealkylation sites (N-methyl/N-ethyl adjacent to an activating group) is 1. The van der Waals surface area contributed by atoms with Crippen molar-refractivity contribution in [3.63, 3.8) is 0 Å². The standard InChI is InChI=1S/C17H18ClNO.ClH/c1-19-11-16(12-19)20-17(13-6-3-2-4-7-13)14-8-5-9-15(18)10-14;/h2-10,16-17H,11-12H2,1H3;1H. The maximum absolute atomic E-state index is 6.30. The number of hydrogen-bond donors (Lipinski definition) is 1. The molecule has 0 aromatic heterocycles. The number of hydrogen-bond acceptors (Lipinski definition) is 1. The summed E-state index contributed by atoms with van der Waals surface area (Å²) in [5.41, 5.74) is 2.30. The summed E-state index contributed by atoms with van der Waals surface area (Å²) in [6, 6.07) is 18.3. The van der Waals surface area contributed by atoms with Gasteiger partial charge in [0.2, 0.25) is 0 Å². The third-order valence-corrected chi connectivity index (χ3v) is 3.97. The molecular weight excluding hydrogens is 305 g/mol. The second-order valence-electron chi connectivity index (χ2n) is 5.47. The van der Waals surface area contributed by atoms with Crippen LogP contribution in [0.15, 0.2) is 54.6 Å². The minimum absolute atomic E-state index is 0. The second-order valence-corrected chi connectivity index (χ2v) is 5.91. The summed E-state index contributed by atoms with van der Waals surface area (Å²) in [6.07, 6.45) is 0.298. The van der Waals surface area contributed by atoms with Gasteiger partial charge >= 0.3 is 0 Å². The van der Waals surface area contributed by atoms with Crippen LogP contribution in [0.5, 0.6) is 0 Å². The molecule has 1 fully saturated rings. The molecule has 0 spiro atoms. The van der Waals surface area contributed by atoms with Crippen molar-refractivity contribution in [2.24, 2.45) is 0 Å². The van der Waals surface area contributed by atoms with Crippen LogP contribution in [0.2, 0.25) is 5.02 Å². The molecular formula is C17H19Cl2NO. The summed E-state index contributed by atoms with van der Waals surface area (Å²) in [5.74, 6) is 0. The van der Waals surface area contributed by atoms with Gasteiger partial charge in [0.05, 0.1) is 7.05 Å². The van der Waals surface area contributed by atoms with E-state index in [4.69, 9.17) is 16.3 Å². The summed E-state index contributed by atoms with van der Waals surface area (Å²) < 4.78 is 6.30.